The summed E-state index contributed by atoms with van der Waals surface area (Å²) in [6, 6.07) is 16.0. The minimum absolute atomic E-state index is 0.448. The molecule has 0 spiro atoms. The van der Waals surface area contributed by atoms with E-state index >= 15 is 0 Å². The van der Waals surface area contributed by atoms with Crippen LogP contribution in [0.2, 0.25) is 0 Å². The molecule has 0 fully saturated rings. The Labute approximate surface area is 123 Å². The van der Waals surface area contributed by atoms with Gasteiger partial charge in [-0.3, -0.25) is 0 Å². The molecule has 0 amide bonds. The van der Waals surface area contributed by atoms with Crippen molar-refractivity contribution in [1.29, 1.82) is 0 Å². The quantitative estimate of drug-likeness (QED) is 0.798. The van der Waals surface area contributed by atoms with Gasteiger partial charge in [-0.25, -0.2) is 4.68 Å². The number of ether oxygens (including phenoxy) is 1. The number of para-hydroxylation sites is 1. The zero-order valence-corrected chi connectivity index (χ0v) is 11.9. The molecule has 0 aliphatic rings. The van der Waals surface area contributed by atoms with Crippen molar-refractivity contribution in [1.82, 2.24) is 9.78 Å². The number of rotatable bonds is 4. The van der Waals surface area contributed by atoms with Crippen LogP contribution in [0.4, 0.5) is 0 Å². The summed E-state index contributed by atoms with van der Waals surface area (Å²) in [5.41, 5.74) is 9.93. The normalized spacial score (nSPS) is 10.6. The maximum Gasteiger partial charge on any atom is 0.123 e. The average molecular weight is 279 g/mol. The topological polar surface area (TPSA) is 53.1 Å². The van der Waals surface area contributed by atoms with Crippen LogP contribution in [0.5, 0.6) is 5.75 Å². The van der Waals surface area contributed by atoms with Gasteiger partial charge in [-0.15, -0.1) is 0 Å². The second kappa shape index (κ2) is 5.81. The molecule has 1 heterocycles. The zero-order valence-electron chi connectivity index (χ0n) is 11.9. The third-order valence-electron chi connectivity index (χ3n) is 3.44. The van der Waals surface area contributed by atoms with Crippen LogP contribution in [0.3, 0.4) is 0 Å². The number of methoxy groups -OCH3 is 1. The summed E-state index contributed by atoms with van der Waals surface area (Å²) in [5.74, 6) is 0.816. The van der Waals surface area contributed by atoms with Crippen LogP contribution in [-0.2, 0) is 6.54 Å². The SMILES string of the molecule is COc1ccc(-c2cnn(-c3ccccc3)c2)cc1CN. The fourth-order valence-corrected chi connectivity index (χ4v) is 2.31. The smallest absolute Gasteiger partial charge is 0.123 e. The number of nitrogens with zero attached hydrogens (tertiary/aromatic N) is 2. The molecule has 0 unspecified atom stereocenters. The van der Waals surface area contributed by atoms with Gasteiger partial charge in [0.1, 0.15) is 5.75 Å². The van der Waals surface area contributed by atoms with Crippen LogP contribution in [0, 0.1) is 0 Å². The van der Waals surface area contributed by atoms with E-state index in [0.717, 1.165) is 28.1 Å². The fraction of sp³-hybridized carbons (Fsp3) is 0.118. The molecule has 3 rings (SSSR count). The Morgan fingerprint density at radius 2 is 1.90 bits per heavy atom. The van der Waals surface area contributed by atoms with Crippen molar-refractivity contribution in [3.05, 3.63) is 66.5 Å². The van der Waals surface area contributed by atoms with Gasteiger partial charge in [0, 0.05) is 23.9 Å². The standard InChI is InChI=1S/C17H17N3O/c1-21-17-8-7-13(9-14(17)10-18)15-11-19-20(12-15)16-5-3-2-4-6-16/h2-9,11-12H,10,18H2,1H3. The Balaban J connectivity index is 1.97. The lowest BCUT2D eigenvalue weighted by Crippen LogP contribution is -1.99. The van der Waals surface area contributed by atoms with Crippen molar-refractivity contribution >= 4 is 0 Å². The molecular formula is C17H17N3O. The molecule has 0 saturated heterocycles. The highest BCUT2D eigenvalue weighted by molar-refractivity contribution is 5.64. The van der Waals surface area contributed by atoms with Crippen LogP contribution in [0.1, 0.15) is 5.56 Å². The predicted octanol–water partition coefficient (Wildman–Crippen LogP) is 3.01. The summed E-state index contributed by atoms with van der Waals surface area (Å²) in [6.45, 7) is 0.448. The van der Waals surface area contributed by atoms with Gasteiger partial charge in [0.15, 0.2) is 0 Å². The van der Waals surface area contributed by atoms with Gasteiger partial charge in [0.05, 0.1) is 19.0 Å². The summed E-state index contributed by atoms with van der Waals surface area (Å²) in [5, 5.41) is 4.42. The molecule has 0 saturated carbocycles. The van der Waals surface area contributed by atoms with Gasteiger partial charge >= 0.3 is 0 Å². The highest BCUT2D eigenvalue weighted by atomic mass is 16.5. The number of hydrogen-bond acceptors (Lipinski definition) is 3. The van der Waals surface area contributed by atoms with Crippen molar-refractivity contribution in [2.24, 2.45) is 5.73 Å². The monoisotopic (exact) mass is 279 g/mol. The molecular weight excluding hydrogens is 262 g/mol. The third-order valence-corrected chi connectivity index (χ3v) is 3.44. The van der Waals surface area contributed by atoms with Crippen molar-refractivity contribution in [2.75, 3.05) is 7.11 Å². The van der Waals surface area contributed by atoms with Crippen LogP contribution in [0.25, 0.3) is 16.8 Å². The fourth-order valence-electron chi connectivity index (χ4n) is 2.31. The molecule has 2 N–H and O–H groups in total. The van der Waals surface area contributed by atoms with Gasteiger partial charge < -0.3 is 10.5 Å². The molecule has 2 aromatic carbocycles. The van der Waals surface area contributed by atoms with E-state index in [1.165, 1.54) is 0 Å². The molecule has 4 nitrogen and oxygen atoms in total. The summed E-state index contributed by atoms with van der Waals surface area (Å²) in [4.78, 5) is 0. The molecule has 21 heavy (non-hydrogen) atoms. The van der Waals surface area contributed by atoms with Gasteiger partial charge in [-0.2, -0.15) is 5.10 Å². The van der Waals surface area contributed by atoms with Crippen molar-refractivity contribution in [3.8, 4) is 22.6 Å². The molecule has 0 atom stereocenters. The van der Waals surface area contributed by atoms with Crippen LogP contribution < -0.4 is 10.5 Å². The Hall–Kier alpha value is -2.59. The van der Waals surface area contributed by atoms with E-state index in [-0.39, 0.29) is 0 Å². The minimum atomic E-state index is 0.448. The Kier molecular flexibility index (Phi) is 3.71. The molecule has 0 aliphatic heterocycles. The summed E-state index contributed by atoms with van der Waals surface area (Å²) >= 11 is 0. The van der Waals surface area contributed by atoms with Gasteiger partial charge in [0.2, 0.25) is 0 Å². The highest BCUT2D eigenvalue weighted by Crippen LogP contribution is 2.26. The maximum absolute atomic E-state index is 5.77. The summed E-state index contributed by atoms with van der Waals surface area (Å²) < 4.78 is 7.16. The van der Waals surface area contributed by atoms with E-state index in [1.54, 1.807) is 7.11 Å². The first-order chi connectivity index (χ1) is 10.3. The molecule has 0 aliphatic carbocycles. The van der Waals surface area contributed by atoms with E-state index in [0.29, 0.717) is 6.54 Å². The number of aromatic nitrogens is 2. The first-order valence-electron chi connectivity index (χ1n) is 6.79. The predicted molar refractivity (Wildman–Crippen MR) is 83.4 cm³/mol. The zero-order chi connectivity index (χ0) is 14.7. The van der Waals surface area contributed by atoms with Crippen molar-refractivity contribution in [2.45, 2.75) is 6.54 Å². The molecule has 0 bridgehead atoms. The number of benzene rings is 2. The Morgan fingerprint density at radius 1 is 1.10 bits per heavy atom. The highest BCUT2D eigenvalue weighted by Gasteiger charge is 2.07. The Bertz CT molecular complexity index is 735. The van der Waals surface area contributed by atoms with Crippen LogP contribution in [-0.4, -0.2) is 16.9 Å². The number of hydrogen-bond donors (Lipinski definition) is 1. The lowest BCUT2D eigenvalue weighted by molar-refractivity contribution is 0.410. The van der Waals surface area contributed by atoms with E-state index in [2.05, 4.69) is 5.10 Å². The minimum Gasteiger partial charge on any atom is -0.496 e. The number of nitrogens with two attached hydrogens (primary N) is 1. The maximum atomic E-state index is 5.77. The second-order valence-electron chi connectivity index (χ2n) is 4.74. The second-order valence-corrected chi connectivity index (χ2v) is 4.74. The van der Waals surface area contributed by atoms with Crippen LogP contribution >= 0.6 is 0 Å². The Morgan fingerprint density at radius 3 is 2.62 bits per heavy atom. The van der Waals surface area contributed by atoms with E-state index in [4.69, 9.17) is 10.5 Å². The van der Waals surface area contributed by atoms with Gasteiger partial charge in [0.25, 0.3) is 0 Å². The summed E-state index contributed by atoms with van der Waals surface area (Å²) in [7, 11) is 1.65. The van der Waals surface area contributed by atoms with Crippen molar-refractivity contribution in [3.63, 3.8) is 0 Å². The molecule has 106 valence electrons. The summed E-state index contributed by atoms with van der Waals surface area (Å²) in [6.07, 6.45) is 3.87. The average Bonchev–Trinajstić information content (AvgIpc) is 3.05. The first kappa shape index (κ1) is 13.4. The molecule has 1 aromatic heterocycles. The van der Waals surface area contributed by atoms with Gasteiger partial charge in [-0.1, -0.05) is 24.3 Å². The van der Waals surface area contributed by atoms with Gasteiger partial charge in [-0.05, 0) is 29.8 Å². The van der Waals surface area contributed by atoms with E-state index < -0.39 is 0 Å². The first-order valence-corrected chi connectivity index (χ1v) is 6.79. The largest absolute Gasteiger partial charge is 0.496 e. The molecule has 3 aromatic rings. The lowest BCUT2D eigenvalue weighted by Gasteiger charge is -2.08. The third kappa shape index (κ3) is 2.66. The van der Waals surface area contributed by atoms with Crippen LogP contribution in [0.15, 0.2) is 60.9 Å². The van der Waals surface area contributed by atoms with E-state index in [9.17, 15) is 0 Å². The molecule has 4 heteroatoms. The van der Waals surface area contributed by atoms with E-state index in [1.807, 2.05) is 65.6 Å². The molecule has 0 radical (unpaired) electrons. The van der Waals surface area contributed by atoms with Crippen molar-refractivity contribution < 1.29 is 4.74 Å². The lowest BCUT2D eigenvalue weighted by atomic mass is 10.1.